The van der Waals surface area contributed by atoms with Gasteiger partial charge < -0.3 is 5.11 Å². The zero-order valence-electron chi connectivity index (χ0n) is 7.35. The normalized spacial score (nSPS) is 14.0. The van der Waals surface area contributed by atoms with Crippen molar-refractivity contribution in [1.29, 1.82) is 0 Å². The van der Waals surface area contributed by atoms with Gasteiger partial charge in [-0.05, 0) is 11.6 Å². The topological polar surface area (TPSA) is 20.2 Å². The molecular weight excluding hydrogens is 236 g/mol. The largest absolute Gasteiger partial charge is 0.414 e. The van der Waals surface area contributed by atoms with Crippen LogP contribution in [-0.2, 0) is 6.42 Å². The van der Waals surface area contributed by atoms with E-state index in [2.05, 4.69) is 0 Å². The molecule has 6 heteroatoms. The summed E-state index contributed by atoms with van der Waals surface area (Å²) in [5.74, 6) is -0.802. The molecule has 0 aliphatic heterocycles. The minimum Gasteiger partial charge on any atom is -0.383 e. The Morgan fingerprint density at radius 3 is 2.47 bits per heavy atom. The fourth-order valence-electron chi connectivity index (χ4n) is 1.03. The molecule has 0 aliphatic rings. The molecule has 1 rings (SSSR count). The van der Waals surface area contributed by atoms with Crippen LogP contribution in [0.25, 0.3) is 0 Å². The lowest BCUT2D eigenvalue weighted by Gasteiger charge is -2.15. The highest BCUT2D eigenvalue weighted by atomic mass is 35.5. The van der Waals surface area contributed by atoms with Crippen LogP contribution in [0.5, 0.6) is 0 Å². The van der Waals surface area contributed by atoms with Gasteiger partial charge >= 0.3 is 6.18 Å². The van der Waals surface area contributed by atoms with Crippen LogP contribution in [0.15, 0.2) is 18.2 Å². The summed E-state index contributed by atoms with van der Waals surface area (Å²) in [6.45, 7) is 0. The average Bonchev–Trinajstić information content (AvgIpc) is 2.11. The van der Waals surface area contributed by atoms with Crippen LogP contribution in [0.2, 0.25) is 5.02 Å². The molecule has 1 aromatic rings. The van der Waals surface area contributed by atoms with Gasteiger partial charge in [-0.3, -0.25) is 0 Å². The van der Waals surface area contributed by atoms with Gasteiger partial charge in [0.1, 0.15) is 5.82 Å². The van der Waals surface area contributed by atoms with Crippen LogP contribution in [-0.4, -0.2) is 17.4 Å². The first-order valence-corrected chi connectivity index (χ1v) is 4.38. The van der Waals surface area contributed by atoms with E-state index in [9.17, 15) is 17.6 Å². The molecule has 0 radical (unpaired) electrons. The number of rotatable bonds is 2. The molecule has 0 saturated heterocycles. The Kier molecular flexibility index (Phi) is 3.57. The smallest absolute Gasteiger partial charge is 0.383 e. The number of hydrogen-bond donors (Lipinski definition) is 1. The third kappa shape index (κ3) is 3.07. The number of alkyl halides is 3. The van der Waals surface area contributed by atoms with Crippen molar-refractivity contribution in [1.82, 2.24) is 0 Å². The molecule has 0 bridgehead atoms. The molecular formula is C9H7ClF4O. The van der Waals surface area contributed by atoms with Gasteiger partial charge in [0.05, 0.1) is 5.02 Å². The molecule has 0 amide bonds. The second-order valence-corrected chi connectivity index (χ2v) is 3.35. The van der Waals surface area contributed by atoms with Crippen LogP contribution in [0.3, 0.4) is 0 Å². The molecule has 1 atom stereocenters. The average molecular weight is 243 g/mol. The van der Waals surface area contributed by atoms with Crippen molar-refractivity contribution in [2.75, 3.05) is 0 Å². The molecule has 0 aromatic heterocycles. The molecule has 1 aromatic carbocycles. The first-order chi connectivity index (χ1) is 6.82. The molecule has 0 saturated carbocycles. The third-order valence-electron chi connectivity index (χ3n) is 1.82. The Morgan fingerprint density at radius 1 is 1.33 bits per heavy atom. The van der Waals surface area contributed by atoms with E-state index in [-0.39, 0.29) is 10.6 Å². The standard InChI is InChI=1S/C9H7ClF4O/c10-8-5(2-1-3-6(8)11)4-7(15)9(12,13)14/h1-3,7,15H,4H2/t7-/m0/s1. The van der Waals surface area contributed by atoms with Crippen molar-refractivity contribution in [2.45, 2.75) is 18.7 Å². The Bertz CT molecular complexity index is 350. The van der Waals surface area contributed by atoms with Crippen LogP contribution in [0.4, 0.5) is 17.6 Å². The lowest BCUT2D eigenvalue weighted by molar-refractivity contribution is -0.203. The lowest BCUT2D eigenvalue weighted by atomic mass is 10.1. The number of halogens is 5. The monoisotopic (exact) mass is 242 g/mol. The zero-order valence-corrected chi connectivity index (χ0v) is 8.11. The molecule has 0 spiro atoms. The van der Waals surface area contributed by atoms with Crippen LogP contribution in [0.1, 0.15) is 5.56 Å². The highest BCUT2D eigenvalue weighted by molar-refractivity contribution is 6.31. The summed E-state index contributed by atoms with van der Waals surface area (Å²) in [6.07, 6.45) is -8.01. The van der Waals surface area contributed by atoms with E-state index in [0.29, 0.717) is 0 Å². The van der Waals surface area contributed by atoms with Crippen LogP contribution < -0.4 is 0 Å². The SMILES string of the molecule is O[C@@H](Cc1cccc(F)c1Cl)C(F)(F)F. The van der Waals surface area contributed by atoms with E-state index in [1.54, 1.807) is 0 Å². The molecule has 1 N–H and O–H groups in total. The summed E-state index contributed by atoms with van der Waals surface area (Å²) in [5, 5.41) is 8.36. The second-order valence-electron chi connectivity index (χ2n) is 2.97. The highest BCUT2D eigenvalue weighted by Gasteiger charge is 2.38. The van der Waals surface area contributed by atoms with Crippen molar-refractivity contribution in [3.8, 4) is 0 Å². The number of hydrogen-bond acceptors (Lipinski definition) is 1. The quantitative estimate of drug-likeness (QED) is 0.791. The maximum Gasteiger partial charge on any atom is 0.414 e. The number of aliphatic hydroxyl groups excluding tert-OH is 1. The predicted octanol–water partition coefficient (Wildman–Crippen LogP) is 2.94. The molecule has 15 heavy (non-hydrogen) atoms. The summed E-state index contributed by atoms with van der Waals surface area (Å²) < 4.78 is 48.8. The van der Waals surface area contributed by atoms with Crippen molar-refractivity contribution >= 4 is 11.6 Å². The van der Waals surface area contributed by atoms with Gasteiger partial charge in [-0.15, -0.1) is 0 Å². The maximum absolute atomic E-state index is 12.8. The molecule has 84 valence electrons. The Labute approximate surface area is 88.3 Å². The summed E-state index contributed by atoms with van der Waals surface area (Å²) in [5.41, 5.74) is -0.0681. The van der Waals surface area contributed by atoms with E-state index in [1.807, 2.05) is 0 Å². The zero-order chi connectivity index (χ0) is 11.6. The summed E-state index contributed by atoms with van der Waals surface area (Å²) in [7, 11) is 0. The number of benzene rings is 1. The Hall–Kier alpha value is -0.810. The van der Waals surface area contributed by atoms with Crippen molar-refractivity contribution in [3.05, 3.63) is 34.6 Å². The number of aliphatic hydroxyl groups is 1. The van der Waals surface area contributed by atoms with Gasteiger partial charge in [-0.25, -0.2) is 4.39 Å². The van der Waals surface area contributed by atoms with Gasteiger partial charge in [0.25, 0.3) is 0 Å². The lowest BCUT2D eigenvalue weighted by Crippen LogP contribution is -2.30. The Morgan fingerprint density at radius 2 is 1.93 bits per heavy atom. The molecule has 0 aliphatic carbocycles. The minimum absolute atomic E-state index is 0.0681. The van der Waals surface area contributed by atoms with Crippen LogP contribution >= 0.6 is 11.6 Å². The van der Waals surface area contributed by atoms with E-state index < -0.39 is 24.5 Å². The fraction of sp³-hybridized carbons (Fsp3) is 0.333. The first-order valence-electron chi connectivity index (χ1n) is 4.00. The second kappa shape index (κ2) is 4.37. The Balaban J connectivity index is 2.86. The summed E-state index contributed by atoms with van der Waals surface area (Å²) in [6, 6.07) is 3.51. The van der Waals surface area contributed by atoms with Gasteiger partial charge in [0.15, 0.2) is 6.10 Å². The fourth-order valence-corrected chi connectivity index (χ4v) is 1.23. The summed E-state index contributed by atoms with van der Waals surface area (Å²) >= 11 is 5.43. The van der Waals surface area contributed by atoms with Crippen LogP contribution in [0, 0.1) is 5.82 Å². The molecule has 0 fully saturated rings. The van der Waals surface area contributed by atoms with Crippen molar-refractivity contribution in [3.63, 3.8) is 0 Å². The summed E-state index contributed by atoms with van der Waals surface area (Å²) in [4.78, 5) is 0. The molecule has 0 heterocycles. The predicted molar refractivity (Wildman–Crippen MR) is 47.2 cm³/mol. The minimum atomic E-state index is -4.73. The van der Waals surface area contributed by atoms with Crippen molar-refractivity contribution < 1.29 is 22.7 Å². The van der Waals surface area contributed by atoms with E-state index in [0.717, 1.165) is 6.07 Å². The van der Waals surface area contributed by atoms with Gasteiger partial charge in [-0.1, -0.05) is 23.7 Å². The molecule has 1 nitrogen and oxygen atoms in total. The van der Waals surface area contributed by atoms with Gasteiger partial charge in [0.2, 0.25) is 0 Å². The molecule has 0 unspecified atom stereocenters. The van der Waals surface area contributed by atoms with E-state index in [4.69, 9.17) is 16.7 Å². The van der Waals surface area contributed by atoms with E-state index >= 15 is 0 Å². The van der Waals surface area contributed by atoms with E-state index in [1.165, 1.54) is 12.1 Å². The van der Waals surface area contributed by atoms with Gasteiger partial charge in [-0.2, -0.15) is 13.2 Å². The first kappa shape index (κ1) is 12.3. The van der Waals surface area contributed by atoms with Gasteiger partial charge in [0, 0.05) is 6.42 Å². The maximum atomic E-state index is 12.8. The highest BCUT2D eigenvalue weighted by Crippen LogP contribution is 2.27. The third-order valence-corrected chi connectivity index (χ3v) is 2.25. The van der Waals surface area contributed by atoms with Crippen molar-refractivity contribution in [2.24, 2.45) is 0 Å².